The molecule has 2 heterocycles. The third-order valence-electron chi connectivity index (χ3n) is 4.51. The molecule has 0 unspecified atom stereocenters. The molecule has 0 radical (unpaired) electrons. The molecule has 1 aromatic heterocycles. The van der Waals surface area contributed by atoms with E-state index in [0.29, 0.717) is 6.10 Å². The number of rotatable bonds is 5. The number of benzene rings is 1. The number of nitrogens with zero attached hydrogens (tertiary/aromatic N) is 4. The van der Waals surface area contributed by atoms with Gasteiger partial charge in [-0.3, -0.25) is 4.99 Å². The zero-order valence-corrected chi connectivity index (χ0v) is 17.8. The van der Waals surface area contributed by atoms with Crippen LogP contribution in [0.5, 0.6) is 0 Å². The highest BCUT2D eigenvalue weighted by atomic mass is 127. The van der Waals surface area contributed by atoms with Crippen LogP contribution in [0.25, 0.3) is 5.69 Å². The number of aliphatic imine (C=N–C) groups is 1. The molecule has 0 saturated carbocycles. The molecule has 0 amide bonds. The van der Waals surface area contributed by atoms with Crippen LogP contribution in [0.2, 0.25) is 0 Å². The summed E-state index contributed by atoms with van der Waals surface area (Å²) in [5.74, 6) is 0.964. The van der Waals surface area contributed by atoms with E-state index in [0.717, 1.165) is 50.7 Å². The van der Waals surface area contributed by atoms with Gasteiger partial charge in [-0.25, -0.2) is 4.68 Å². The normalized spacial score (nSPS) is 15.6. The van der Waals surface area contributed by atoms with Gasteiger partial charge in [0, 0.05) is 45.7 Å². The molecule has 2 aromatic rings. The number of guanidine groups is 1. The average Bonchev–Trinajstić information content (AvgIpc) is 3.19. The lowest BCUT2D eigenvalue weighted by molar-refractivity contribution is 0.0263. The van der Waals surface area contributed by atoms with Crippen LogP contribution in [0.15, 0.2) is 47.7 Å². The van der Waals surface area contributed by atoms with E-state index >= 15 is 0 Å². The highest BCUT2D eigenvalue weighted by Crippen LogP contribution is 2.14. The lowest BCUT2D eigenvalue weighted by Crippen LogP contribution is -2.46. The molecule has 6 nitrogen and oxygen atoms in total. The van der Waals surface area contributed by atoms with Gasteiger partial charge in [0.15, 0.2) is 5.96 Å². The first-order valence-electron chi connectivity index (χ1n) is 8.96. The van der Waals surface area contributed by atoms with Crippen molar-refractivity contribution in [1.82, 2.24) is 20.0 Å². The molecule has 26 heavy (non-hydrogen) atoms. The lowest BCUT2D eigenvalue weighted by atomic mass is 10.1. The van der Waals surface area contributed by atoms with Gasteiger partial charge in [0.1, 0.15) is 0 Å². The highest BCUT2D eigenvalue weighted by Gasteiger charge is 2.21. The maximum absolute atomic E-state index is 5.72. The summed E-state index contributed by atoms with van der Waals surface area (Å²) in [7, 11) is 1.85. The second kappa shape index (κ2) is 10.5. The summed E-state index contributed by atoms with van der Waals surface area (Å²) >= 11 is 0. The lowest BCUT2D eigenvalue weighted by Gasteiger charge is -2.34. The molecule has 0 bridgehead atoms. The summed E-state index contributed by atoms with van der Waals surface area (Å²) in [5.41, 5.74) is 2.29. The van der Waals surface area contributed by atoms with Crippen LogP contribution in [0.4, 0.5) is 0 Å². The molecule has 0 spiro atoms. The van der Waals surface area contributed by atoms with Gasteiger partial charge in [0.2, 0.25) is 0 Å². The summed E-state index contributed by atoms with van der Waals surface area (Å²) in [4.78, 5) is 6.75. The van der Waals surface area contributed by atoms with Crippen LogP contribution in [0.1, 0.15) is 25.3 Å². The van der Waals surface area contributed by atoms with Gasteiger partial charge in [-0.2, -0.15) is 5.10 Å². The second-order valence-corrected chi connectivity index (χ2v) is 6.16. The van der Waals surface area contributed by atoms with Crippen molar-refractivity contribution in [2.75, 3.05) is 26.7 Å². The van der Waals surface area contributed by atoms with Gasteiger partial charge >= 0.3 is 0 Å². The second-order valence-electron chi connectivity index (χ2n) is 6.16. The molecule has 142 valence electrons. The number of halogens is 1. The van der Waals surface area contributed by atoms with E-state index in [4.69, 9.17) is 4.74 Å². The number of aromatic nitrogens is 2. The monoisotopic (exact) mass is 469 g/mol. The van der Waals surface area contributed by atoms with Crippen LogP contribution < -0.4 is 5.32 Å². The molecule has 1 aliphatic heterocycles. The number of hydrogen-bond acceptors (Lipinski definition) is 3. The maximum atomic E-state index is 5.72. The van der Waals surface area contributed by atoms with Crippen molar-refractivity contribution in [2.24, 2.45) is 4.99 Å². The Morgan fingerprint density at radius 3 is 2.58 bits per heavy atom. The number of nitrogens with one attached hydrogen (secondary N) is 1. The molecular weight excluding hydrogens is 441 g/mol. The summed E-state index contributed by atoms with van der Waals surface area (Å²) in [5, 5.41) is 7.72. The topological polar surface area (TPSA) is 54.7 Å². The van der Waals surface area contributed by atoms with E-state index in [9.17, 15) is 0 Å². The van der Waals surface area contributed by atoms with Crippen LogP contribution in [-0.2, 0) is 11.3 Å². The van der Waals surface area contributed by atoms with Gasteiger partial charge < -0.3 is 15.0 Å². The largest absolute Gasteiger partial charge is 0.378 e. The summed E-state index contributed by atoms with van der Waals surface area (Å²) < 4.78 is 7.58. The third kappa shape index (κ3) is 5.44. The molecule has 1 aliphatic rings. The molecule has 1 aromatic carbocycles. The minimum Gasteiger partial charge on any atom is -0.378 e. The summed E-state index contributed by atoms with van der Waals surface area (Å²) in [6, 6.07) is 10.3. The Balaban J connectivity index is 0.00000243. The van der Waals surface area contributed by atoms with Crippen LogP contribution in [0.3, 0.4) is 0 Å². The number of hydrogen-bond donors (Lipinski definition) is 1. The Hall–Kier alpha value is -1.61. The predicted molar refractivity (Wildman–Crippen MR) is 115 cm³/mol. The number of ether oxygens (including phenoxy) is 1. The van der Waals surface area contributed by atoms with E-state index in [1.807, 2.05) is 24.0 Å². The Morgan fingerprint density at radius 1 is 1.27 bits per heavy atom. The van der Waals surface area contributed by atoms with Crippen molar-refractivity contribution in [3.05, 3.63) is 48.3 Å². The quantitative estimate of drug-likeness (QED) is 0.416. The molecule has 7 heteroatoms. The van der Waals surface area contributed by atoms with E-state index < -0.39 is 0 Å². The first-order valence-corrected chi connectivity index (χ1v) is 8.96. The minimum atomic E-state index is 0. The fraction of sp³-hybridized carbons (Fsp3) is 0.474. The van der Waals surface area contributed by atoms with Crippen molar-refractivity contribution in [3.8, 4) is 5.69 Å². The van der Waals surface area contributed by atoms with E-state index in [1.54, 1.807) is 6.20 Å². The molecular formula is C19H28IN5O. The van der Waals surface area contributed by atoms with Crippen LogP contribution in [0, 0.1) is 0 Å². The first-order chi connectivity index (χ1) is 12.3. The number of piperidine rings is 1. The van der Waals surface area contributed by atoms with Crippen molar-refractivity contribution in [3.63, 3.8) is 0 Å². The third-order valence-corrected chi connectivity index (χ3v) is 4.51. The Labute approximate surface area is 172 Å². The molecule has 3 rings (SSSR count). The SMILES string of the molecule is CCOC1CCN(C(=NC)NCc2ccc(-n3cccn3)cc2)CC1.I. The standard InChI is InChI=1S/C19H27N5O.HI/c1-3-25-18-9-13-23(14-10-18)19(20-2)21-15-16-5-7-17(8-6-16)24-12-4-11-22-24;/h4-8,11-12,18H,3,9-10,13-15H2,1-2H3,(H,20,21);1H. The van der Waals surface area contributed by atoms with Gasteiger partial charge in [-0.1, -0.05) is 12.1 Å². The summed E-state index contributed by atoms with van der Waals surface area (Å²) in [6.45, 7) is 5.60. The van der Waals surface area contributed by atoms with Crippen LogP contribution in [-0.4, -0.2) is 53.5 Å². The summed E-state index contributed by atoms with van der Waals surface area (Å²) in [6.07, 6.45) is 6.25. The maximum Gasteiger partial charge on any atom is 0.193 e. The van der Waals surface area contributed by atoms with Gasteiger partial charge in [0.25, 0.3) is 0 Å². The van der Waals surface area contributed by atoms with Crippen molar-refractivity contribution in [1.29, 1.82) is 0 Å². The van der Waals surface area contributed by atoms with Crippen molar-refractivity contribution < 1.29 is 4.74 Å². The molecule has 1 N–H and O–H groups in total. The van der Waals surface area contributed by atoms with Crippen molar-refractivity contribution in [2.45, 2.75) is 32.4 Å². The highest BCUT2D eigenvalue weighted by molar-refractivity contribution is 14.0. The fourth-order valence-corrected chi connectivity index (χ4v) is 3.17. The molecule has 0 atom stereocenters. The number of likely N-dealkylation sites (tertiary alicyclic amines) is 1. The molecule has 0 aliphatic carbocycles. The zero-order valence-electron chi connectivity index (χ0n) is 15.5. The van der Waals surface area contributed by atoms with Gasteiger partial charge in [-0.15, -0.1) is 24.0 Å². The zero-order chi connectivity index (χ0) is 17.5. The Kier molecular flexibility index (Phi) is 8.37. The van der Waals surface area contributed by atoms with E-state index in [-0.39, 0.29) is 24.0 Å². The van der Waals surface area contributed by atoms with E-state index in [2.05, 4.69) is 51.5 Å². The fourth-order valence-electron chi connectivity index (χ4n) is 3.17. The average molecular weight is 469 g/mol. The van der Waals surface area contributed by atoms with Gasteiger partial charge in [0.05, 0.1) is 11.8 Å². The Bertz CT molecular complexity index is 664. The van der Waals surface area contributed by atoms with Gasteiger partial charge in [-0.05, 0) is 43.5 Å². The smallest absolute Gasteiger partial charge is 0.193 e. The Morgan fingerprint density at radius 2 is 2.00 bits per heavy atom. The predicted octanol–water partition coefficient (Wildman–Crippen LogP) is 3.07. The van der Waals surface area contributed by atoms with Crippen LogP contribution >= 0.6 is 24.0 Å². The minimum absolute atomic E-state index is 0. The van der Waals surface area contributed by atoms with E-state index in [1.165, 1.54) is 5.56 Å². The van der Waals surface area contributed by atoms with Crippen molar-refractivity contribution >= 4 is 29.9 Å². The molecule has 1 fully saturated rings. The first kappa shape index (κ1) is 20.7. The molecule has 1 saturated heterocycles.